The summed E-state index contributed by atoms with van der Waals surface area (Å²) in [5.74, 6) is 0.798. The van der Waals surface area contributed by atoms with Crippen LogP contribution in [0.5, 0.6) is 0 Å². The third-order valence-corrected chi connectivity index (χ3v) is 6.82. The average molecular weight is 442 g/mol. The molecule has 3 aromatic rings. The van der Waals surface area contributed by atoms with E-state index in [2.05, 4.69) is 15.2 Å². The lowest BCUT2D eigenvalue weighted by atomic mass is 10.1. The van der Waals surface area contributed by atoms with E-state index in [4.69, 9.17) is 14.7 Å². The van der Waals surface area contributed by atoms with E-state index in [0.29, 0.717) is 18.9 Å². The zero-order valence-corrected chi connectivity index (χ0v) is 18.6. The molecule has 9 heteroatoms. The zero-order valence-electron chi connectivity index (χ0n) is 17.8. The van der Waals surface area contributed by atoms with Gasteiger partial charge in [0.2, 0.25) is 0 Å². The lowest BCUT2D eigenvalue weighted by Crippen LogP contribution is -2.46. The molecular weight excluding hydrogens is 414 g/mol. The molecule has 2 aliphatic heterocycles. The number of nitrogens with one attached hydrogen (secondary N) is 2. The van der Waals surface area contributed by atoms with Gasteiger partial charge in [0.05, 0.1) is 53.5 Å². The maximum atomic E-state index is 12.0. The fourth-order valence-electron chi connectivity index (χ4n) is 4.72. The van der Waals surface area contributed by atoms with Crippen molar-refractivity contribution in [1.29, 1.82) is 0 Å². The lowest BCUT2D eigenvalue weighted by molar-refractivity contribution is 0.0902. The van der Waals surface area contributed by atoms with Crippen molar-refractivity contribution in [2.24, 2.45) is 0 Å². The molecule has 5 rings (SSSR count). The molecule has 8 nitrogen and oxygen atoms in total. The van der Waals surface area contributed by atoms with Crippen LogP contribution in [-0.2, 0) is 26.9 Å². The Balaban J connectivity index is 1.58. The number of ether oxygens (including phenoxy) is 1. The maximum absolute atomic E-state index is 12.0. The summed E-state index contributed by atoms with van der Waals surface area (Å²) in [6.07, 6.45) is 3.40. The average Bonchev–Trinajstić information content (AvgIpc) is 3.23. The Bertz CT molecular complexity index is 1210. The summed E-state index contributed by atoms with van der Waals surface area (Å²) >= 11 is 0. The summed E-state index contributed by atoms with van der Waals surface area (Å²) in [7, 11) is -1.27. The van der Waals surface area contributed by atoms with Crippen LogP contribution in [0, 0.1) is 0 Å². The Hall–Kier alpha value is -2.49. The summed E-state index contributed by atoms with van der Waals surface area (Å²) in [6.45, 7) is 2.11. The van der Waals surface area contributed by atoms with E-state index in [1.165, 1.54) is 6.26 Å². The Kier molecular flexibility index (Phi) is 5.19. The monoisotopic (exact) mass is 441 g/mol. The van der Waals surface area contributed by atoms with Gasteiger partial charge in [0.1, 0.15) is 5.82 Å². The fourth-order valence-corrected chi connectivity index (χ4v) is 5.49. The fraction of sp³-hybridized carbons (Fsp3) is 0.455. The number of morpholine rings is 1. The summed E-state index contributed by atoms with van der Waals surface area (Å²) < 4.78 is 29.8. The lowest BCUT2D eigenvalue weighted by Gasteiger charge is -2.36. The van der Waals surface area contributed by atoms with E-state index >= 15 is 0 Å². The highest BCUT2D eigenvalue weighted by atomic mass is 32.2. The van der Waals surface area contributed by atoms with Crippen LogP contribution in [0.25, 0.3) is 22.4 Å². The first kappa shape index (κ1) is 20.4. The molecule has 3 aromatic heterocycles. The number of fused-ring (bicyclic) bond motifs is 3. The van der Waals surface area contributed by atoms with E-state index in [1.54, 1.807) is 0 Å². The van der Waals surface area contributed by atoms with Crippen LogP contribution in [-0.4, -0.2) is 62.0 Å². The van der Waals surface area contributed by atoms with Gasteiger partial charge in [0.15, 0.2) is 9.84 Å². The van der Waals surface area contributed by atoms with Crippen molar-refractivity contribution in [2.75, 3.05) is 31.4 Å². The third kappa shape index (κ3) is 4.17. The number of hydrogen-bond acceptors (Lipinski definition) is 7. The number of sulfone groups is 1. The molecule has 31 heavy (non-hydrogen) atoms. The largest absolute Gasteiger partial charge is 0.377 e. The van der Waals surface area contributed by atoms with Gasteiger partial charge in [-0.2, -0.15) is 0 Å². The van der Waals surface area contributed by atoms with Gasteiger partial charge in [-0.25, -0.2) is 18.4 Å². The quantitative estimate of drug-likeness (QED) is 0.605. The number of hydrogen-bond donors (Lipinski definition) is 2. The highest BCUT2D eigenvalue weighted by Crippen LogP contribution is 2.35. The predicted octanol–water partition coefficient (Wildman–Crippen LogP) is 2.26. The second-order valence-electron chi connectivity index (χ2n) is 8.57. The molecule has 0 aliphatic carbocycles. The van der Waals surface area contributed by atoms with Gasteiger partial charge < -0.3 is 19.9 Å². The predicted molar refractivity (Wildman–Crippen MR) is 121 cm³/mol. The van der Waals surface area contributed by atoms with E-state index in [9.17, 15) is 8.42 Å². The van der Waals surface area contributed by atoms with Gasteiger partial charge in [-0.1, -0.05) is 0 Å². The van der Waals surface area contributed by atoms with Gasteiger partial charge in [-0.3, -0.25) is 0 Å². The molecule has 5 heterocycles. The van der Waals surface area contributed by atoms with Crippen LogP contribution >= 0.6 is 0 Å². The van der Waals surface area contributed by atoms with Gasteiger partial charge in [-0.05, 0) is 55.8 Å². The molecule has 2 aliphatic rings. The van der Waals surface area contributed by atoms with E-state index in [1.807, 2.05) is 37.4 Å². The van der Waals surface area contributed by atoms with Crippen molar-refractivity contribution >= 4 is 26.7 Å². The van der Waals surface area contributed by atoms with Crippen LogP contribution in [0.1, 0.15) is 24.1 Å². The number of aromatic amines is 1. The van der Waals surface area contributed by atoms with Crippen LogP contribution in [0.15, 0.2) is 30.3 Å². The van der Waals surface area contributed by atoms with Gasteiger partial charge >= 0.3 is 0 Å². The summed E-state index contributed by atoms with van der Waals surface area (Å²) in [5.41, 5.74) is 5.06. The van der Waals surface area contributed by atoms with Gasteiger partial charge in [0, 0.05) is 18.5 Å². The van der Waals surface area contributed by atoms with E-state index < -0.39 is 9.84 Å². The molecule has 2 saturated heterocycles. The molecule has 0 radical (unpaired) electrons. The normalized spacial score (nSPS) is 21.2. The maximum Gasteiger partial charge on any atom is 0.151 e. The number of nitrogens with zero attached hydrogens (tertiary/aromatic N) is 3. The third-order valence-electron chi connectivity index (χ3n) is 5.97. The second kappa shape index (κ2) is 7.89. The molecule has 0 saturated carbocycles. The Morgan fingerprint density at radius 1 is 1.13 bits per heavy atom. The minimum absolute atomic E-state index is 0.0199. The van der Waals surface area contributed by atoms with Gasteiger partial charge in [-0.15, -0.1) is 0 Å². The second-order valence-corrected chi connectivity index (χ2v) is 10.7. The molecule has 2 N–H and O–H groups in total. The molecule has 0 amide bonds. The number of aromatic nitrogens is 3. The molecule has 0 aromatic carbocycles. The minimum Gasteiger partial charge on any atom is -0.377 e. The summed E-state index contributed by atoms with van der Waals surface area (Å²) in [5, 5.41) is 3.13. The molecule has 2 bridgehead atoms. The zero-order chi connectivity index (χ0) is 21.6. The first-order valence-corrected chi connectivity index (χ1v) is 12.6. The Labute approximate surface area is 182 Å². The molecule has 0 spiro atoms. The molecule has 2 unspecified atom stereocenters. The molecule has 2 fully saturated rings. The summed E-state index contributed by atoms with van der Waals surface area (Å²) in [6, 6.07) is 10.3. The van der Waals surface area contributed by atoms with Crippen molar-refractivity contribution in [2.45, 2.75) is 37.2 Å². The van der Waals surface area contributed by atoms with Crippen LogP contribution in [0.2, 0.25) is 0 Å². The van der Waals surface area contributed by atoms with Gasteiger partial charge in [0.25, 0.3) is 0 Å². The van der Waals surface area contributed by atoms with E-state index in [-0.39, 0.29) is 17.8 Å². The Morgan fingerprint density at radius 3 is 2.61 bits per heavy atom. The first-order valence-electron chi connectivity index (χ1n) is 10.6. The Morgan fingerprint density at radius 2 is 1.90 bits per heavy atom. The van der Waals surface area contributed by atoms with Crippen molar-refractivity contribution in [1.82, 2.24) is 20.3 Å². The van der Waals surface area contributed by atoms with Crippen molar-refractivity contribution < 1.29 is 13.2 Å². The van der Waals surface area contributed by atoms with Crippen molar-refractivity contribution in [3.05, 3.63) is 41.6 Å². The van der Waals surface area contributed by atoms with Crippen LogP contribution in [0.3, 0.4) is 0 Å². The van der Waals surface area contributed by atoms with Crippen LogP contribution < -0.4 is 10.2 Å². The standard InChI is InChI=1S/C22H27N5O3S/c1-23-10-15-9-21-18(24-15)5-6-19(25-21)20-7-14(13-31(2,28)29)8-22(26-20)27-16-3-4-17(27)12-30-11-16/h5-9,16-17,23-24H,3-4,10-13H2,1-2H3. The topological polar surface area (TPSA) is 100 Å². The van der Waals surface area contributed by atoms with Crippen LogP contribution in [0.4, 0.5) is 5.82 Å². The highest BCUT2D eigenvalue weighted by molar-refractivity contribution is 7.89. The van der Waals surface area contributed by atoms with E-state index in [0.717, 1.165) is 53.2 Å². The summed E-state index contributed by atoms with van der Waals surface area (Å²) in [4.78, 5) is 15.4. The molecule has 164 valence electrons. The number of anilines is 1. The highest BCUT2D eigenvalue weighted by Gasteiger charge is 2.38. The number of rotatable bonds is 6. The van der Waals surface area contributed by atoms with Crippen molar-refractivity contribution in [3.8, 4) is 11.4 Å². The minimum atomic E-state index is -3.18. The molecule has 2 atom stereocenters. The number of pyridine rings is 2. The first-order chi connectivity index (χ1) is 14.9. The smallest absolute Gasteiger partial charge is 0.151 e. The number of H-pyrrole nitrogens is 1. The molecular formula is C22H27N5O3S. The van der Waals surface area contributed by atoms with Crippen molar-refractivity contribution in [3.63, 3.8) is 0 Å². The SMILES string of the molecule is CNCc1cc2nc(-c3cc(CS(C)(=O)=O)cc(N4C5CCC4COC5)n3)ccc2[nH]1.